The average Bonchev–Trinajstić information content (AvgIpc) is 3.37. The second-order valence-corrected chi connectivity index (χ2v) is 9.90. The zero-order valence-electron chi connectivity index (χ0n) is 23.5. The Hall–Kier alpha value is -3.44. The highest BCUT2D eigenvalue weighted by Gasteiger charge is 2.16. The topological polar surface area (TPSA) is 43.2 Å². The molecule has 5 heteroatoms. The lowest BCUT2D eigenvalue weighted by atomic mass is 10.0. The molecule has 3 aromatic carbocycles. The molecule has 0 N–H and O–H groups in total. The van der Waals surface area contributed by atoms with E-state index in [1.165, 1.54) is 41.5 Å². The molecule has 1 aromatic heterocycles. The molecule has 0 saturated heterocycles. The van der Waals surface area contributed by atoms with Crippen LogP contribution in [0.3, 0.4) is 0 Å². The molecular weight excluding hydrogens is 468 g/mol. The Morgan fingerprint density at radius 3 is 1.92 bits per heavy atom. The Balaban J connectivity index is 1.59. The van der Waals surface area contributed by atoms with E-state index in [9.17, 15) is 0 Å². The van der Waals surface area contributed by atoms with Crippen LogP contribution < -0.4 is 4.74 Å². The van der Waals surface area contributed by atoms with Gasteiger partial charge in [0.1, 0.15) is 5.75 Å². The van der Waals surface area contributed by atoms with Gasteiger partial charge in [-0.15, -0.1) is 5.10 Å². The third-order valence-corrected chi connectivity index (χ3v) is 7.37. The summed E-state index contributed by atoms with van der Waals surface area (Å²) >= 11 is 0. The maximum absolute atomic E-state index is 5.31. The van der Waals surface area contributed by atoms with Crippen molar-refractivity contribution in [1.29, 1.82) is 0 Å². The molecule has 0 bridgehead atoms. The van der Waals surface area contributed by atoms with Crippen molar-refractivity contribution < 1.29 is 4.74 Å². The number of hydrogen-bond acceptors (Lipinski definition) is 4. The Morgan fingerprint density at radius 2 is 1.32 bits per heavy atom. The van der Waals surface area contributed by atoms with Crippen LogP contribution in [0.25, 0.3) is 22.4 Å². The van der Waals surface area contributed by atoms with Gasteiger partial charge in [0, 0.05) is 18.5 Å². The van der Waals surface area contributed by atoms with E-state index in [1.54, 1.807) is 7.11 Å². The number of unbranched alkanes of at least 4 members (excludes halogenated alkanes) is 2. The van der Waals surface area contributed by atoms with E-state index < -0.39 is 0 Å². The largest absolute Gasteiger partial charge is 0.497 e. The fourth-order valence-electron chi connectivity index (χ4n) is 4.92. The number of rotatable bonds is 14. The monoisotopic (exact) mass is 510 g/mol. The molecule has 200 valence electrons. The van der Waals surface area contributed by atoms with Crippen LogP contribution in [0.2, 0.25) is 0 Å². The van der Waals surface area contributed by atoms with Gasteiger partial charge in [0.25, 0.3) is 0 Å². The van der Waals surface area contributed by atoms with E-state index in [0.717, 1.165) is 55.2 Å². The van der Waals surface area contributed by atoms with Crippen molar-refractivity contribution >= 4 is 0 Å². The molecule has 0 saturated carbocycles. The number of nitrogens with zero attached hydrogens (tertiary/aromatic N) is 4. The normalized spacial score (nSPS) is 11.3. The standard InChI is InChI=1S/C33H42N4O/c1-5-8-9-10-26-11-13-27(14-12-26)25-37-33(32(34-35-37)23-24-36(6-2)7-3)30-17-15-28(16-18-30)29-19-21-31(38-4)22-20-29/h11-22H,5-10,23-25H2,1-4H3. The summed E-state index contributed by atoms with van der Waals surface area (Å²) < 4.78 is 7.39. The molecular formula is C33H42N4O. The fourth-order valence-corrected chi connectivity index (χ4v) is 4.92. The SMILES string of the molecule is CCCCCc1ccc(Cn2nnc(CCN(CC)CC)c2-c2ccc(-c3ccc(OC)cc3)cc2)cc1. The van der Waals surface area contributed by atoms with E-state index in [4.69, 9.17) is 4.74 Å². The van der Waals surface area contributed by atoms with Crippen molar-refractivity contribution in [3.63, 3.8) is 0 Å². The lowest BCUT2D eigenvalue weighted by molar-refractivity contribution is 0.307. The molecule has 0 amide bonds. The van der Waals surface area contributed by atoms with Crippen LogP contribution in [0.1, 0.15) is 56.9 Å². The van der Waals surface area contributed by atoms with Crippen LogP contribution in [0.5, 0.6) is 5.75 Å². The minimum Gasteiger partial charge on any atom is -0.497 e. The lowest BCUT2D eigenvalue weighted by Gasteiger charge is -2.17. The zero-order chi connectivity index (χ0) is 26.7. The van der Waals surface area contributed by atoms with Crippen LogP contribution in [-0.4, -0.2) is 46.6 Å². The van der Waals surface area contributed by atoms with Gasteiger partial charge in [-0.05, 0) is 60.3 Å². The number of aryl methyl sites for hydroxylation is 1. The highest BCUT2D eigenvalue weighted by Crippen LogP contribution is 2.28. The Kier molecular flexibility index (Phi) is 10.1. The number of hydrogen-bond donors (Lipinski definition) is 0. The summed E-state index contributed by atoms with van der Waals surface area (Å²) in [7, 11) is 1.70. The average molecular weight is 511 g/mol. The molecule has 0 spiro atoms. The maximum atomic E-state index is 5.31. The van der Waals surface area contributed by atoms with E-state index >= 15 is 0 Å². The Bertz CT molecular complexity index is 1240. The first-order valence-corrected chi connectivity index (χ1v) is 14.1. The second-order valence-electron chi connectivity index (χ2n) is 9.90. The molecule has 0 radical (unpaired) electrons. The minimum absolute atomic E-state index is 0.711. The molecule has 0 aliphatic carbocycles. The number of benzene rings is 3. The smallest absolute Gasteiger partial charge is 0.118 e. The molecule has 38 heavy (non-hydrogen) atoms. The van der Waals surface area contributed by atoms with Gasteiger partial charge in [0.15, 0.2) is 0 Å². The number of likely N-dealkylation sites (N-methyl/N-ethyl adjacent to an activating group) is 1. The fraction of sp³-hybridized carbons (Fsp3) is 0.394. The van der Waals surface area contributed by atoms with Gasteiger partial charge in [-0.2, -0.15) is 0 Å². The van der Waals surface area contributed by atoms with Crippen molar-refractivity contribution in [3.05, 3.63) is 89.6 Å². The maximum Gasteiger partial charge on any atom is 0.118 e. The summed E-state index contributed by atoms with van der Waals surface area (Å²) in [6.45, 7) is 10.5. The van der Waals surface area contributed by atoms with Crippen LogP contribution in [0, 0.1) is 0 Å². The van der Waals surface area contributed by atoms with Crippen LogP contribution in [-0.2, 0) is 19.4 Å². The van der Waals surface area contributed by atoms with E-state index in [1.807, 2.05) is 12.1 Å². The molecule has 0 aliphatic heterocycles. The molecule has 0 unspecified atom stereocenters. The van der Waals surface area contributed by atoms with Crippen molar-refractivity contribution in [2.45, 2.75) is 59.4 Å². The third kappa shape index (κ3) is 7.11. The summed E-state index contributed by atoms with van der Waals surface area (Å²) in [6, 6.07) is 26.0. The van der Waals surface area contributed by atoms with Crippen LogP contribution in [0.4, 0.5) is 0 Å². The predicted molar refractivity (Wildman–Crippen MR) is 158 cm³/mol. The first-order chi connectivity index (χ1) is 18.6. The van der Waals surface area contributed by atoms with Gasteiger partial charge in [0.05, 0.1) is 25.0 Å². The van der Waals surface area contributed by atoms with Crippen molar-refractivity contribution in [2.24, 2.45) is 0 Å². The Morgan fingerprint density at radius 1 is 0.711 bits per heavy atom. The molecule has 0 aliphatic rings. The van der Waals surface area contributed by atoms with Crippen LogP contribution in [0.15, 0.2) is 72.8 Å². The van der Waals surface area contributed by atoms with Crippen molar-refractivity contribution in [2.75, 3.05) is 26.7 Å². The summed E-state index contributed by atoms with van der Waals surface area (Å²) in [5.74, 6) is 0.868. The summed E-state index contributed by atoms with van der Waals surface area (Å²) in [5.41, 5.74) is 8.34. The molecule has 0 fully saturated rings. The summed E-state index contributed by atoms with van der Waals surface area (Å²) in [4.78, 5) is 2.44. The minimum atomic E-state index is 0.711. The lowest BCUT2D eigenvalue weighted by Crippen LogP contribution is -2.25. The van der Waals surface area contributed by atoms with E-state index in [0.29, 0.717) is 6.54 Å². The first kappa shape index (κ1) is 27.6. The highest BCUT2D eigenvalue weighted by atomic mass is 16.5. The van der Waals surface area contributed by atoms with Gasteiger partial charge in [-0.1, -0.05) is 99.5 Å². The van der Waals surface area contributed by atoms with Crippen LogP contribution >= 0.6 is 0 Å². The van der Waals surface area contributed by atoms with Gasteiger partial charge in [-0.3, -0.25) is 0 Å². The molecule has 1 heterocycles. The molecule has 4 rings (SSSR count). The molecule has 0 atom stereocenters. The van der Waals surface area contributed by atoms with E-state index in [2.05, 4.69) is 101 Å². The molecule has 5 nitrogen and oxygen atoms in total. The van der Waals surface area contributed by atoms with Crippen molar-refractivity contribution in [1.82, 2.24) is 19.9 Å². The van der Waals surface area contributed by atoms with Gasteiger partial charge >= 0.3 is 0 Å². The van der Waals surface area contributed by atoms with Gasteiger partial charge in [-0.25, -0.2) is 4.68 Å². The summed E-state index contributed by atoms with van der Waals surface area (Å²) in [5, 5.41) is 9.30. The number of ether oxygens (including phenoxy) is 1. The quantitative estimate of drug-likeness (QED) is 0.167. The third-order valence-electron chi connectivity index (χ3n) is 7.37. The van der Waals surface area contributed by atoms with Crippen molar-refractivity contribution in [3.8, 4) is 28.1 Å². The second kappa shape index (κ2) is 13.9. The van der Waals surface area contributed by atoms with E-state index in [-0.39, 0.29) is 0 Å². The van der Waals surface area contributed by atoms with Gasteiger partial charge in [0.2, 0.25) is 0 Å². The first-order valence-electron chi connectivity index (χ1n) is 14.1. The number of aromatic nitrogens is 3. The predicted octanol–water partition coefficient (Wildman–Crippen LogP) is 7.29. The number of methoxy groups -OCH3 is 1. The highest BCUT2D eigenvalue weighted by molar-refractivity contribution is 5.70. The summed E-state index contributed by atoms with van der Waals surface area (Å²) in [6.07, 6.45) is 5.83. The Labute approximate surface area is 228 Å². The molecule has 4 aromatic rings. The zero-order valence-corrected chi connectivity index (χ0v) is 23.5. The van der Waals surface area contributed by atoms with Gasteiger partial charge < -0.3 is 9.64 Å².